The Morgan fingerprint density at radius 2 is 2.27 bits per heavy atom. The Kier molecular flexibility index (Phi) is 2.21. The summed E-state index contributed by atoms with van der Waals surface area (Å²) in [6.07, 6.45) is 5.51. The van der Waals surface area contributed by atoms with Gasteiger partial charge in [0.05, 0.1) is 6.54 Å². The van der Waals surface area contributed by atoms with E-state index in [1.807, 2.05) is 6.33 Å². The van der Waals surface area contributed by atoms with Crippen LogP contribution in [-0.4, -0.2) is 38.3 Å². The average Bonchev–Trinajstić information content (AvgIpc) is 2.84. The molecular weight excluding hydrogens is 190 g/mol. The third-order valence-electron chi connectivity index (χ3n) is 3.67. The van der Waals surface area contributed by atoms with Crippen LogP contribution >= 0.6 is 0 Å². The Labute approximate surface area is 89.3 Å². The maximum atomic E-state index is 6.12. The first-order valence-corrected chi connectivity index (χ1v) is 5.71. The van der Waals surface area contributed by atoms with Crippen molar-refractivity contribution in [3.8, 4) is 0 Å². The summed E-state index contributed by atoms with van der Waals surface area (Å²) in [7, 11) is 0. The van der Waals surface area contributed by atoms with Gasteiger partial charge < -0.3 is 10.3 Å². The van der Waals surface area contributed by atoms with E-state index < -0.39 is 0 Å². The molecule has 2 aliphatic rings. The van der Waals surface area contributed by atoms with Gasteiger partial charge in [0.1, 0.15) is 12.2 Å². The SMILES string of the molecule is NC1CCCC1N1CCn2cnnc2C1. The normalized spacial score (nSPS) is 31.8. The van der Waals surface area contributed by atoms with E-state index in [0.717, 1.165) is 25.5 Å². The maximum absolute atomic E-state index is 6.12. The number of nitrogens with two attached hydrogens (primary N) is 1. The zero-order valence-corrected chi connectivity index (χ0v) is 8.84. The van der Waals surface area contributed by atoms with Gasteiger partial charge in [-0.15, -0.1) is 10.2 Å². The molecular formula is C10H17N5. The molecule has 0 spiro atoms. The molecule has 0 saturated heterocycles. The van der Waals surface area contributed by atoms with Crippen LogP contribution in [-0.2, 0) is 13.1 Å². The molecule has 0 aromatic carbocycles. The number of hydrogen-bond acceptors (Lipinski definition) is 4. The second kappa shape index (κ2) is 3.57. The number of nitrogens with zero attached hydrogens (tertiary/aromatic N) is 4. The monoisotopic (exact) mass is 207 g/mol. The minimum atomic E-state index is 0.361. The van der Waals surface area contributed by atoms with Crippen molar-refractivity contribution in [1.29, 1.82) is 0 Å². The minimum absolute atomic E-state index is 0.361. The molecule has 2 N–H and O–H groups in total. The Hall–Kier alpha value is -0.940. The lowest BCUT2D eigenvalue weighted by Gasteiger charge is -2.34. The zero-order chi connectivity index (χ0) is 10.3. The van der Waals surface area contributed by atoms with Crippen molar-refractivity contribution in [1.82, 2.24) is 19.7 Å². The third kappa shape index (κ3) is 1.55. The lowest BCUT2D eigenvalue weighted by atomic mass is 10.1. The first kappa shape index (κ1) is 9.30. The number of rotatable bonds is 1. The van der Waals surface area contributed by atoms with Crippen LogP contribution < -0.4 is 5.73 Å². The summed E-state index contributed by atoms with van der Waals surface area (Å²) in [4.78, 5) is 2.47. The highest BCUT2D eigenvalue weighted by Crippen LogP contribution is 2.25. The summed E-state index contributed by atoms with van der Waals surface area (Å²) in [6.45, 7) is 3.01. The summed E-state index contributed by atoms with van der Waals surface area (Å²) in [5.74, 6) is 1.08. The van der Waals surface area contributed by atoms with Gasteiger partial charge in [-0.1, -0.05) is 6.42 Å². The van der Waals surface area contributed by atoms with E-state index in [1.165, 1.54) is 19.3 Å². The maximum Gasteiger partial charge on any atom is 0.147 e. The number of fused-ring (bicyclic) bond motifs is 1. The molecule has 0 amide bonds. The molecule has 0 bridgehead atoms. The minimum Gasteiger partial charge on any atom is -0.326 e. The lowest BCUT2D eigenvalue weighted by Crippen LogP contribution is -2.47. The van der Waals surface area contributed by atoms with Gasteiger partial charge in [0.25, 0.3) is 0 Å². The zero-order valence-electron chi connectivity index (χ0n) is 8.84. The molecule has 1 aromatic rings. The van der Waals surface area contributed by atoms with E-state index in [2.05, 4.69) is 19.7 Å². The largest absolute Gasteiger partial charge is 0.326 e. The molecule has 1 saturated carbocycles. The van der Waals surface area contributed by atoms with Crippen LogP contribution in [0.5, 0.6) is 0 Å². The van der Waals surface area contributed by atoms with E-state index in [9.17, 15) is 0 Å². The van der Waals surface area contributed by atoms with Crippen molar-refractivity contribution in [3.05, 3.63) is 12.2 Å². The van der Waals surface area contributed by atoms with Crippen molar-refractivity contribution in [2.24, 2.45) is 5.73 Å². The first-order chi connectivity index (χ1) is 7.34. The Morgan fingerprint density at radius 1 is 1.33 bits per heavy atom. The van der Waals surface area contributed by atoms with E-state index in [4.69, 9.17) is 5.73 Å². The predicted octanol–water partition coefficient (Wildman–Crippen LogP) is -0.0265. The molecule has 5 nitrogen and oxygen atoms in total. The van der Waals surface area contributed by atoms with Crippen molar-refractivity contribution >= 4 is 0 Å². The standard InChI is InChI=1S/C10H17N5/c11-8-2-1-3-9(8)14-4-5-15-7-12-13-10(15)6-14/h7-9H,1-6,11H2. The summed E-state index contributed by atoms with van der Waals surface area (Å²) in [5, 5.41) is 8.07. The lowest BCUT2D eigenvalue weighted by molar-refractivity contribution is 0.144. The predicted molar refractivity (Wildman–Crippen MR) is 56.0 cm³/mol. The fraction of sp³-hybridized carbons (Fsp3) is 0.800. The van der Waals surface area contributed by atoms with Crippen LogP contribution in [0.15, 0.2) is 6.33 Å². The van der Waals surface area contributed by atoms with Crippen molar-refractivity contribution < 1.29 is 0 Å². The van der Waals surface area contributed by atoms with Gasteiger partial charge >= 0.3 is 0 Å². The van der Waals surface area contributed by atoms with Crippen LogP contribution in [0.25, 0.3) is 0 Å². The van der Waals surface area contributed by atoms with Gasteiger partial charge in [-0.25, -0.2) is 0 Å². The summed E-state index contributed by atoms with van der Waals surface area (Å²) >= 11 is 0. The molecule has 1 aliphatic carbocycles. The molecule has 15 heavy (non-hydrogen) atoms. The highest BCUT2D eigenvalue weighted by molar-refractivity contribution is 4.95. The highest BCUT2D eigenvalue weighted by atomic mass is 15.3. The van der Waals surface area contributed by atoms with Crippen LogP contribution in [0.3, 0.4) is 0 Å². The van der Waals surface area contributed by atoms with E-state index in [1.54, 1.807) is 0 Å². The topological polar surface area (TPSA) is 60.0 Å². The molecule has 1 aliphatic heterocycles. The Bertz CT molecular complexity index is 347. The van der Waals surface area contributed by atoms with Crippen LogP contribution in [0, 0.1) is 0 Å². The molecule has 1 fully saturated rings. The molecule has 5 heteroatoms. The van der Waals surface area contributed by atoms with E-state index in [-0.39, 0.29) is 0 Å². The second-order valence-corrected chi connectivity index (χ2v) is 4.57. The van der Waals surface area contributed by atoms with Gasteiger partial charge in [0.2, 0.25) is 0 Å². The fourth-order valence-corrected chi connectivity index (χ4v) is 2.79. The first-order valence-electron chi connectivity index (χ1n) is 5.71. The van der Waals surface area contributed by atoms with Crippen LogP contribution in [0.1, 0.15) is 25.1 Å². The molecule has 82 valence electrons. The van der Waals surface area contributed by atoms with Crippen LogP contribution in [0.4, 0.5) is 0 Å². The molecule has 2 heterocycles. The van der Waals surface area contributed by atoms with Crippen molar-refractivity contribution in [2.45, 2.75) is 44.4 Å². The molecule has 1 aromatic heterocycles. The van der Waals surface area contributed by atoms with Gasteiger partial charge in [0.15, 0.2) is 0 Å². The number of aromatic nitrogens is 3. The number of hydrogen-bond donors (Lipinski definition) is 1. The van der Waals surface area contributed by atoms with E-state index >= 15 is 0 Å². The Balaban J connectivity index is 1.75. The van der Waals surface area contributed by atoms with Gasteiger partial charge in [0, 0.05) is 25.2 Å². The second-order valence-electron chi connectivity index (χ2n) is 4.57. The van der Waals surface area contributed by atoms with Crippen molar-refractivity contribution in [3.63, 3.8) is 0 Å². The fourth-order valence-electron chi connectivity index (χ4n) is 2.79. The smallest absolute Gasteiger partial charge is 0.147 e. The van der Waals surface area contributed by atoms with Crippen molar-refractivity contribution in [2.75, 3.05) is 6.54 Å². The van der Waals surface area contributed by atoms with Gasteiger partial charge in [-0.2, -0.15) is 0 Å². The molecule has 2 unspecified atom stereocenters. The summed E-state index contributed by atoms with van der Waals surface area (Å²) in [6, 6.07) is 0.926. The van der Waals surface area contributed by atoms with E-state index in [0.29, 0.717) is 12.1 Å². The average molecular weight is 207 g/mol. The quantitative estimate of drug-likeness (QED) is 0.702. The summed E-state index contributed by atoms with van der Waals surface area (Å²) < 4.78 is 2.14. The van der Waals surface area contributed by atoms with Crippen LogP contribution in [0.2, 0.25) is 0 Å². The van der Waals surface area contributed by atoms with Gasteiger partial charge in [-0.3, -0.25) is 4.90 Å². The molecule has 2 atom stereocenters. The molecule has 0 radical (unpaired) electrons. The highest BCUT2D eigenvalue weighted by Gasteiger charge is 2.31. The van der Waals surface area contributed by atoms with Gasteiger partial charge in [-0.05, 0) is 12.8 Å². The molecule has 3 rings (SSSR count). The Morgan fingerprint density at radius 3 is 3.07 bits per heavy atom. The third-order valence-corrected chi connectivity index (χ3v) is 3.67. The summed E-state index contributed by atoms with van der Waals surface area (Å²) in [5.41, 5.74) is 6.12.